The molecular weight excluding hydrogens is 217 g/mol. The Bertz CT molecular complexity index is 359. The van der Waals surface area contributed by atoms with Crippen molar-refractivity contribution in [3.8, 4) is 5.75 Å². The van der Waals surface area contributed by atoms with Gasteiger partial charge < -0.3 is 10.1 Å². The van der Waals surface area contributed by atoms with Crippen molar-refractivity contribution in [1.29, 1.82) is 0 Å². The number of benzene rings is 1. The number of hydrogen-bond acceptors (Lipinski definition) is 2. The van der Waals surface area contributed by atoms with Crippen LogP contribution in [0.15, 0.2) is 24.3 Å². The zero-order valence-corrected chi connectivity index (χ0v) is 10.3. The smallest absolute Gasteiger partial charge is 0.137 e. The summed E-state index contributed by atoms with van der Waals surface area (Å²) in [6, 6.07) is 7.47. The number of rotatable bonds is 3. The lowest BCUT2D eigenvalue weighted by Gasteiger charge is -2.24. The van der Waals surface area contributed by atoms with E-state index in [1.807, 2.05) is 31.2 Å². The van der Waals surface area contributed by atoms with Gasteiger partial charge in [-0.1, -0.05) is 12.1 Å². The minimum atomic E-state index is -1.20. The molecule has 0 spiro atoms. The quantitative estimate of drug-likeness (QED) is 0.872. The van der Waals surface area contributed by atoms with Crippen LogP contribution >= 0.6 is 0 Å². The van der Waals surface area contributed by atoms with E-state index in [-0.39, 0.29) is 0 Å². The zero-order chi connectivity index (χ0) is 12.1. The van der Waals surface area contributed by atoms with Gasteiger partial charge in [0.05, 0.1) is 6.61 Å². The molecule has 1 aromatic carbocycles. The molecule has 1 unspecified atom stereocenters. The largest absolute Gasteiger partial charge is 0.494 e. The van der Waals surface area contributed by atoms with Crippen LogP contribution in [-0.4, -0.2) is 19.7 Å². The van der Waals surface area contributed by atoms with Crippen molar-refractivity contribution >= 4 is 0 Å². The summed E-state index contributed by atoms with van der Waals surface area (Å²) in [4.78, 5) is 0. The molecule has 0 aromatic heterocycles. The zero-order valence-electron chi connectivity index (χ0n) is 10.3. The first-order valence-electron chi connectivity index (χ1n) is 6.37. The minimum Gasteiger partial charge on any atom is -0.494 e. The van der Waals surface area contributed by atoms with E-state index in [2.05, 4.69) is 5.32 Å². The van der Waals surface area contributed by atoms with Crippen molar-refractivity contribution in [1.82, 2.24) is 5.32 Å². The van der Waals surface area contributed by atoms with Crippen LogP contribution in [0.25, 0.3) is 0 Å². The van der Waals surface area contributed by atoms with E-state index in [4.69, 9.17) is 4.74 Å². The molecule has 0 saturated carbocycles. The molecule has 1 aliphatic heterocycles. The second-order valence-electron chi connectivity index (χ2n) is 4.53. The maximum absolute atomic E-state index is 14.9. The van der Waals surface area contributed by atoms with E-state index in [1.54, 1.807) is 0 Å². The second-order valence-corrected chi connectivity index (χ2v) is 4.53. The summed E-state index contributed by atoms with van der Waals surface area (Å²) >= 11 is 0. The van der Waals surface area contributed by atoms with Gasteiger partial charge in [0.25, 0.3) is 0 Å². The monoisotopic (exact) mass is 237 g/mol. The van der Waals surface area contributed by atoms with Crippen molar-refractivity contribution in [3.05, 3.63) is 29.8 Å². The second kappa shape index (κ2) is 5.50. The van der Waals surface area contributed by atoms with Crippen molar-refractivity contribution < 1.29 is 9.13 Å². The van der Waals surface area contributed by atoms with E-state index in [0.29, 0.717) is 19.4 Å². The Kier molecular flexibility index (Phi) is 4.00. The number of ether oxygens (including phenoxy) is 1. The third-order valence-electron chi connectivity index (χ3n) is 3.29. The van der Waals surface area contributed by atoms with Crippen LogP contribution in [0.1, 0.15) is 31.7 Å². The SMILES string of the molecule is CCOc1cccc(C2(F)CCCNCC2)c1. The van der Waals surface area contributed by atoms with E-state index in [0.717, 1.165) is 30.8 Å². The van der Waals surface area contributed by atoms with E-state index < -0.39 is 5.67 Å². The van der Waals surface area contributed by atoms with Crippen LogP contribution in [0.4, 0.5) is 4.39 Å². The Labute approximate surface area is 102 Å². The summed E-state index contributed by atoms with van der Waals surface area (Å²) in [6.45, 7) is 4.21. The Morgan fingerprint density at radius 1 is 1.35 bits per heavy atom. The molecule has 1 N–H and O–H groups in total. The van der Waals surface area contributed by atoms with Gasteiger partial charge in [-0.05, 0) is 57.0 Å². The third-order valence-corrected chi connectivity index (χ3v) is 3.29. The van der Waals surface area contributed by atoms with Gasteiger partial charge in [0.15, 0.2) is 0 Å². The maximum Gasteiger partial charge on any atom is 0.137 e. The van der Waals surface area contributed by atoms with Crippen LogP contribution in [-0.2, 0) is 5.67 Å². The van der Waals surface area contributed by atoms with Crippen molar-refractivity contribution in [2.45, 2.75) is 31.9 Å². The minimum absolute atomic E-state index is 0.544. The number of halogens is 1. The summed E-state index contributed by atoms with van der Waals surface area (Å²) in [5.41, 5.74) is -0.441. The molecule has 0 bridgehead atoms. The first-order chi connectivity index (χ1) is 8.24. The molecule has 1 aromatic rings. The predicted octanol–water partition coefficient (Wildman–Crippen LogP) is 3.02. The summed E-state index contributed by atoms with van der Waals surface area (Å²) in [5, 5.41) is 3.24. The lowest BCUT2D eigenvalue weighted by molar-refractivity contribution is 0.144. The fourth-order valence-electron chi connectivity index (χ4n) is 2.35. The Balaban J connectivity index is 2.21. The molecule has 1 aliphatic rings. The van der Waals surface area contributed by atoms with Gasteiger partial charge in [-0.25, -0.2) is 4.39 Å². The lowest BCUT2D eigenvalue weighted by atomic mass is 9.88. The van der Waals surface area contributed by atoms with Crippen LogP contribution in [0.2, 0.25) is 0 Å². The summed E-state index contributed by atoms with van der Waals surface area (Å²) in [5.74, 6) is 0.763. The third kappa shape index (κ3) is 2.97. The summed E-state index contributed by atoms with van der Waals surface area (Å²) in [7, 11) is 0. The highest BCUT2D eigenvalue weighted by molar-refractivity contribution is 5.32. The van der Waals surface area contributed by atoms with E-state index >= 15 is 0 Å². The van der Waals surface area contributed by atoms with Gasteiger partial charge in [0, 0.05) is 0 Å². The van der Waals surface area contributed by atoms with Crippen molar-refractivity contribution in [2.75, 3.05) is 19.7 Å². The first kappa shape index (κ1) is 12.4. The van der Waals surface area contributed by atoms with E-state index in [9.17, 15) is 4.39 Å². The molecular formula is C14H20FNO. The average molecular weight is 237 g/mol. The van der Waals surface area contributed by atoms with Crippen molar-refractivity contribution in [3.63, 3.8) is 0 Å². The molecule has 0 radical (unpaired) electrons. The summed E-state index contributed by atoms with van der Waals surface area (Å²) in [6.07, 6.45) is 2.02. The Hall–Kier alpha value is -1.09. The molecule has 2 rings (SSSR count). The van der Waals surface area contributed by atoms with Crippen LogP contribution < -0.4 is 10.1 Å². The van der Waals surface area contributed by atoms with Crippen molar-refractivity contribution in [2.24, 2.45) is 0 Å². The Morgan fingerprint density at radius 2 is 2.24 bits per heavy atom. The summed E-state index contributed by atoms with van der Waals surface area (Å²) < 4.78 is 20.3. The molecule has 1 saturated heterocycles. The molecule has 2 nitrogen and oxygen atoms in total. The highest BCUT2D eigenvalue weighted by Crippen LogP contribution is 2.36. The molecule has 1 fully saturated rings. The van der Waals surface area contributed by atoms with Gasteiger partial charge in [-0.2, -0.15) is 0 Å². The van der Waals surface area contributed by atoms with Gasteiger partial charge >= 0.3 is 0 Å². The molecule has 1 heterocycles. The fourth-order valence-corrected chi connectivity index (χ4v) is 2.35. The normalized spacial score (nSPS) is 25.3. The van der Waals surface area contributed by atoms with Gasteiger partial charge in [0.2, 0.25) is 0 Å². The molecule has 17 heavy (non-hydrogen) atoms. The van der Waals surface area contributed by atoms with Crippen LogP contribution in [0.5, 0.6) is 5.75 Å². The average Bonchev–Trinajstić information content (AvgIpc) is 2.56. The topological polar surface area (TPSA) is 21.3 Å². The van der Waals surface area contributed by atoms with Crippen LogP contribution in [0.3, 0.4) is 0 Å². The van der Waals surface area contributed by atoms with Gasteiger partial charge in [-0.3, -0.25) is 0 Å². The van der Waals surface area contributed by atoms with E-state index in [1.165, 1.54) is 0 Å². The van der Waals surface area contributed by atoms with Crippen LogP contribution in [0, 0.1) is 0 Å². The number of alkyl halides is 1. The molecule has 1 atom stereocenters. The number of hydrogen-bond donors (Lipinski definition) is 1. The molecule has 0 aliphatic carbocycles. The fraction of sp³-hybridized carbons (Fsp3) is 0.571. The predicted molar refractivity (Wildman–Crippen MR) is 67.1 cm³/mol. The molecule has 3 heteroatoms. The standard InChI is InChI=1S/C14H20FNO/c1-2-17-13-6-3-5-12(11-13)14(15)7-4-9-16-10-8-14/h3,5-6,11,16H,2,4,7-10H2,1H3. The highest BCUT2D eigenvalue weighted by Gasteiger charge is 2.32. The molecule has 94 valence electrons. The first-order valence-corrected chi connectivity index (χ1v) is 6.37. The van der Waals surface area contributed by atoms with Gasteiger partial charge in [0.1, 0.15) is 11.4 Å². The highest BCUT2D eigenvalue weighted by atomic mass is 19.1. The van der Waals surface area contributed by atoms with Gasteiger partial charge in [-0.15, -0.1) is 0 Å². The maximum atomic E-state index is 14.9. The number of nitrogens with one attached hydrogen (secondary N) is 1. The molecule has 0 amide bonds. The lowest BCUT2D eigenvalue weighted by Crippen LogP contribution is -2.22. The Morgan fingerprint density at radius 3 is 3.06 bits per heavy atom.